The van der Waals surface area contributed by atoms with Crippen LogP contribution in [0.4, 0.5) is 17.1 Å². The molecule has 0 radical (unpaired) electrons. The summed E-state index contributed by atoms with van der Waals surface area (Å²) in [6.45, 7) is 2.69. The molecule has 168 valence electrons. The molecule has 0 spiro atoms. The summed E-state index contributed by atoms with van der Waals surface area (Å²) in [6, 6.07) is 26.0. The molecule has 1 fully saturated rings. The van der Waals surface area contributed by atoms with Crippen molar-refractivity contribution in [2.75, 3.05) is 16.8 Å². The van der Waals surface area contributed by atoms with E-state index in [1.54, 1.807) is 17.0 Å². The van der Waals surface area contributed by atoms with Gasteiger partial charge in [-0.05, 0) is 55.0 Å². The molecule has 1 heterocycles. The van der Waals surface area contributed by atoms with Crippen molar-refractivity contribution < 1.29 is 14.3 Å². The molecular formula is C26H25N3O3S. The molecule has 3 aromatic rings. The first kappa shape index (κ1) is 22.6. The smallest absolute Gasteiger partial charge is 0.238 e. The number of amides is 2. The summed E-state index contributed by atoms with van der Waals surface area (Å²) < 4.78 is 5.59. The maximum atomic E-state index is 13.1. The number of amidine groups is 1. The summed E-state index contributed by atoms with van der Waals surface area (Å²) >= 11 is 1.29. The normalized spacial score (nSPS) is 17.1. The molecule has 1 aliphatic rings. The number of hydrogen-bond acceptors (Lipinski definition) is 5. The first-order chi connectivity index (χ1) is 16.1. The summed E-state index contributed by atoms with van der Waals surface area (Å²) in [6.07, 6.45) is 1.01. The zero-order valence-electron chi connectivity index (χ0n) is 18.3. The Labute approximate surface area is 197 Å². The number of aliphatic imine (C=N–C) groups is 1. The zero-order chi connectivity index (χ0) is 23.0. The van der Waals surface area contributed by atoms with Crippen LogP contribution < -0.4 is 15.0 Å². The van der Waals surface area contributed by atoms with Gasteiger partial charge in [-0.25, -0.2) is 4.99 Å². The van der Waals surface area contributed by atoms with Crippen molar-refractivity contribution in [3.63, 3.8) is 0 Å². The molecule has 1 unspecified atom stereocenters. The van der Waals surface area contributed by atoms with Crippen LogP contribution in [0.5, 0.6) is 5.75 Å². The lowest BCUT2D eigenvalue weighted by atomic mass is 10.2. The van der Waals surface area contributed by atoms with Gasteiger partial charge in [0.15, 0.2) is 5.17 Å². The topological polar surface area (TPSA) is 71.0 Å². The van der Waals surface area contributed by atoms with Crippen molar-refractivity contribution in [3.8, 4) is 5.75 Å². The summed E-state index contributed by atoms with van der Waals surface area (Å²) in [5.41, 5.74) is 2.10. The standard InChI is InChI=1S/C26H25N3O3S/c1-2-17-32-22-15-13-20(14-16-22)27-25(31)23-18-24(30)29(21-11-7-4-8-12-21)26(33-23)28-19-9-5-3-6-10-19/h3-16,23H,2,17-18H2,1H3,(H,27,31). The summed E-state index contributed by atoms with van der Waals surface area (Å²) in [7, 11) is 0. The molecule has 0 aromatic heterocycles. The van der Waals surface area contributed by atoms with Gasteiger partial charge in [-0.2, -0.15) is 0 Å². The largest absolute Gasteiger partial charge is 0.494 e. The Kier molecular flexibility index (Phi) is 7.42. The van der Waals surface area contributed by atoms with E-state index in [1.165, 1.54) is 11.8 Å². The maximum absolute atomic E-state index is 13.1. The van der Waals surface area contributed by atoms with E-state index in [-0.39, 0.29) is 18.2 Å². The van der Waals surface area contributed by atoms with Gasteiger partial charge >= 0.3 is 0 Å². The highest BCUT2D eigenvalue weighted by Crippen LogP contribution is 2.33. The van der Waals surface area contributed by atoms with Crippen molar-refractivity contribution in [2.45, 2.75) is 25.0 Å². The zero-order valence-corrected chi connectivity index (χ0v) is 19.1. The Morgan fingerprint density at radius 1 is 1.03 bits per heavy atom. The summed E-state index contributed by atoms with van der Waals surface area (Å²) in [5, 5.41) is 2.81. The maximum Gasteiger partial charge on any atom is 0.238 e. The quantitative estimate of drug-likeness (QED) is 0.496. The van der Waals surface area contributed by atoms with Gasteiger partial charge in [0.25, 0.3) is 0 Å². The van der Waals surface area contributed by atoms with Gasteiger partial charge in [0.2, 0.25) is 11.8 Å². The van der Waals surface area contributed by atoms with Crippen molar-refractivity contribution in [1.29, 1.82) is 0 Å². The first-order valence-corrected chi connectivity index (χ1v) is 11.7. The van der Waals surface area contributed by atoms with Gasteiger partial charge in [0, 0.05) is 12.1 Å². The Hall–Kier alpha value is -3.58. The number of nitrogens with one attached hydrogen (secondary N) is 1. The van der Waals surface area contributed by atoms with E-state index in [4.69, 9.17) is 9.73 Å². The number of carbonyl (C=O) groups excluding carboxylic acids is 2. The van der Waals surface area contributed by atoms with Crippen molar-refractivity contribution in [2.24, 2.45) is 4.99 Å². The van der Waals surface area contributed by atoms with E-state index in [0.29, 0.717) is 17.5 Å². The van der Waals surface area contributed by atoms with Gasteiger partial charge in [-0.1, -0.05) is 55.1 Å². The second kappa shape index (κ2) is 10.8. The highest BCUT2D eigenvalue weighted by Gasteiger charge is 2.36. The van der Waals surface area contributed by atoms with Crippen LogP contribution in [0.2, 0.25) is 0 Å². The van der Waals surface area contributed by atoms with Crippen LogP contribution in [0.15, 0.2) is 89.9 Å². The minimum atomic E-state index is -0.587. The molecule has 3 aromatic carbocycles. The number of hydrogen-bond donors (Lipinski definition) is 1. The molecule has 1 saturated heterocycles. The SMILES string of the molecule is CCCOc1ccc(NC(=O)C2CC(=O)N(c3ccccc3)C(=Nc3ccccc3)S2)cc1. The Balaban J connectivity index is 1.54. The average molecular weight is 460 g/mol. The number of rotatable bonds is 7. The molecule has 6 nitrogen and oxygen atoms in total. The molecule has 4 rings (SSSR count). The number of para-hydroxylation sites is 2. The number of thioether (sulfide) groups is 1. The van der Waals surface area contributed by atoms with E-state index in [0.717, 1.165) is 23.5 Å². The lowest BCUT2D eigenvalue weighted by Gasteiger charge is -2.31. The monoisotopic (exact) mass is 459 g/mol. The fourth-order valence-electron chi connectivity index (χ4n) is 3.32. The van der Waals surface area contributed by atoms with Crippen LogP contribution in [0.25, 0.3) is 0 Å². The minimum Gasteiger partial charge on any atom is -0.494 e. The Morgan fingerprint density at radius 3 is 2.36 bits per heavy atom. The third-order valence-electron chi connectivity index (χ3n) is 4.93. The van der Waals surface area contributed by atoms with E-state index >= 15 is 0 Å². The van der Waals surface area contributed by atoms with Crippen LogP contribution >= 0.6 is 11.8 Å². The molecule has 1 aliphatic heterocycles. The highest BCUT2D eigenvalue weighted by molar-refractivity contribution is 8.15. The van der Waals surface area contributed by atoms with Gasteiger partial charge < -0.3 is 10.1 Å². The number of nitrogens with zero attached hydrogens (tertiary/aromatic N) is 2. The van der Waals surface area contributed by atoms with Crippen LogP contribution in [-0.2, 0) is 9.59 Å². The average Bonchev–Trinajstić information content (AvgIpc) is 2.84. The van der Waals surface area contributed by atoms with Crippen molar-refractivity contribution in [1.82, 2.24) is 0 Å². The molecule has 2 amide bonds. The van der Waals surface area contributed by atoms with E-state index in [9.17, 15) is 9.59 Å². The van der Waals surface area contributed by atoms with Crippen LogP contribution in [-0.4, -0.2) is 28.8 Å². The molecule has 7 heteroatoms. The molecule has 0 saturated carbocycles. The molecule has 1 atom stereocenters. The van der Waals surface area contributed by atoms with Crippen LogP contribution in [0, 0.1) is 0 Å². The van der Waals surface area contributed by atoms with Gasteiger partial charge in [0.05, 0.1) is 18.0 Å². The minimum absolute atomic E-state index is 0.0803. The van der Waals surface area contributed by atoms with Gasteiger partial charge in [0.1, 0.15) is 11.0 Å². The lowest BCUT2D eigenvalue weighted by Crippen LogP contribution is -2.45. The Bertz CT molecular complexity index is 1120. The van der Waals surface area contributed by atoms with Gasteiger partial charge in [-0.3, -0.25) is 14.5 Å². The van der Waals surface area contributed by atoms with Gasteiger partial charge in [-0.15, -0.1) is 0 Å². The number of carbonyl (C=O) groups is 2. The fraction of sp³-hybridized carbons (Fsp3) is 0.192. The molecule has 33 heavy (non-hydrogen) atoms. The summed E-state index contributed by atoms with van der Waals surface area (Å²) in [5.74, 6) is 0.356. The molecule has 1 N–H and O–H groups in total. The predicted octanol–water partition coefficient (Wildman–Crippen LogP) is 5.64. The second-order valence-electron chi connectivity index (χ2n) is 7.47. The Morgan fingerprint density at radius 2 is 1.70 bits per heavy atom. The molecule has 0 aliphatic carbocycles. The number of anilines is 2. The lowest BCUT2D eigenvalue weighted by molar-refractivity contribution is -0.121. The van der Waals surface area contributed by atoms with E-state index in [1.807, 2.05) is 79.7 Å². The van der Waals surface area contributed by atoms with Crippen molar-refractivity contribution >= 4 is 45.8 Å². The molecule has 0 bridgehead atoms. The van der Waals surface area contributed by atoms with E-state index in [2.05, 4.69) is 5.32 Å². The summed E-state index contributed by atoms with van der Waals surface area (Å²) in [4.78, 5) is 32.4. The van der Waals surface area contributed by atoms with E-state index < -0.39 is 5.25 Å². The van der Waals surface area contributed by atoms with Crippen LogP contribution in [0.1, 0.15) is 19.8 Å². The van der Waals surface area contributed by atoms with Crippen LogP contribution in [0.3, 0.4) is 0 Å². The predicted molar refractivity (Wildman–Crippen MR) is 134 cm³/mol. The number of ether oxygens (including phenoxy) is 1. The molecular weight excluding hydrogens is 434 g/mol. The fourth-order valence-corrected chi connectivity index (χ4v) is 4.44. The van der Waals surface area contributed by atoms with Crippen molar-refractivity contribution in [3.05, 3.63) is 84.9 Å². The second-order valence-corrected chi connectivity index (χ2v) is 8.64. The first-order valence-electron chi connectivity index (χ1n) is 10.9. The third kappa shape index (κ3) is 5.81. The highest BCUT2D eigenvalue weighted by atomic mass is 32.2. The number of benzene rings is 3. The third-order valence-corrected chi connectivity index (χ3v) is 6.08.